The van der Waals surface area contributed by atoms with Crippen molar-refractivity contribution in [3.8, 4) is 0 Å². The van der Waals surface area contributed by atoms with Crippen molar-refractivity contribution in [1.82, 2.24) is 0 Å². The molecule has 3 rings (SSSR count). The van der Waals surface area contributed by atoms with Gasteiger partial charge in [0.15, 0.2) is 0 Å². The van der Waals surface area contributed by atoms with Crippen LogP contribution in [0.15, 0.2) is 0 Å². The number of hydrogen-bond acceptors (Lipinski definition) is 0. The Balaban J connectivity index is 1.79. The Labute approximate surface area is 120 Å². The summed E-state index contributed by atoms with van der Waals surface area (Å²) in [6, 6.07) is 0. The monoisotopic (exact) mass is 262 g/mol. The average molecular weight is 262 g/mol. The van der Waals surface area contributed by atoms with Gasteiger partial charge in [-0.05, 0) is 73.0 Å². The summed E-state index contributed by atoms with van der Waals surface area (Å²) in [5, 5.41) is 0. The molecule has 0 nitrogen and oxygen atoms in total. The molecule has 19 heavy (non-hydrogen) atoms. The highest BCUT2D eigenvalue weighted by molar-refractivity contribution is 5.03. The maximum Gasteiger partial charge on any atom is -0.0269 e. The van der Waals surface area contributed by atoms with Gasteiger partial charge in [-0.1, -0.05) is 47.0 Å². The fraction of sp³-hybridized carbons (Fsp3) is 1.00. The smallest absolute Gasteiger partial charge is 0.0269 e. The lowest BCUT2D eigenvalue weighted by atomic mass is 9.51. The fourth-order valence-corrected chi connectivity index (χ4v) is 6.47. The van der Waals surface area contributed by atoms with Crippen LogP contribution in [0.3, 0.4) is 0 Å². The highest BCUT2D eigenvalue weighted by Gasteiger charge is 2.53. The highest BCUT2D eigenvalue weighted by Crippen LogP contribution is 2.62. The SMILES string of the molecule is CC1C(C2(C)CCCCC2)CCC2(C)C(C)CCC12. The van der Waals surface area contributed by atoms with Gasteiger partial charge < -0.3 is 0 Å². The van der Waals surface area contributed by atoms with E-state index in [9.17, 15) is 0 Å². The van der Waals surface area contributed by atoms with E-state index in [1.165, 1.54) is 57.8 Å². The molecule has 3 aliphatic carbocycles. The van der Waals surface area contributed by atoms with Crippen LogP contribution < -0.4 is 0 Å². The van der Waals surface area contributed by atoms with Crippen LogP contribution in [-0.4, -0.2) is 0 Å². The van der Waals surface area contributed by atoms with Crippen molar-refractivity contribution in [2.45, 2.75) is 85.5 Å². The topological polar surface area (TPSA) is 0 Å². The summed E-state index contributed by atoms with van der Waals surface area (Å²) >= 11 is 0. The first-order valence-electron chi connectivity index (χ1n) is 8.97. The Morgan fingerprint density at radius 1 is 0.737 bits per heavy atom. The Hall–Kier alpha value is 0. The molecule has 0 radical (unpaired) electrons. The molecule has 0 bridgehead atoms. The van der Waals surface area contributed by atoms with E-state index in [0.29, 0.717) is 10.8 Å². The normalized spacial score (nSPS) is 49.9. The van der Waals surface area contributed by atoms with Crippen molar-refractivity contribution < 1.29 is 0 Å². The number of rotatable bonds is 1. The second kappa shape index (κ2) is 4.78. The summed E-state index contributed by atoms with van der Waals surface area (Å²) in [5.74, 6) is 4.00. The third-order valence-corrected chi connectivity index (χ3v) is 8.04. The van der Waals surface area contributed by atoms with Crippen molar-refractivity contribution in [3.63, 3.8) is 0 Å². The van der Waals surface area contributed by atoms with Gasteiger partial charge in [-0.15, -0.1) is 0 Å². The third kappa shape index (κ3) is 2.09. The predicted octanol–water partition coefficient (Wildman–Crippen LogP) is 6.06. The van der Waals surface area contributed by atoms with Crippen LogP contribution in [0.5, 0.6) is 0 Å². The summed E-state index contributed by atoms with van der Waals surface area (Å²) in [6.07, 6.45) is 13.6. The van der Waals surface area contributed by atoms with Crippen LogP contribution in [0.2, 0.25) is 0 Å². The van der Waals surface area contributed by atoms with E-state index in [1.807, 2.05) is 0 Å². The molecule has 0 saturated heterocycles. The standard InChI is InChI=1S/C19H34/c1-14-8-9-17-15(2)16(10-13-19(14,17)4)18(3)11-6-5-7-12-18/h14-17H,5-13H2,1-4H3. The molecule has 0 aromatic heterocycles. The fourth-order valence-electron chi connectivity index (χ4n) is 6.47. The lowest BCUT2D eigenvalue weighted by Gasteiger charge is -2.53. The number of fused-ring (bicyclic) bond motifs is 1. The van der Waals surface area contributed by atoms with Gasteiger partial charge in [-0.25, -0.2) is 0 Å². The summed E-state index contributed by atoms with van der Waals surface area (Å²) in [5.41, 5.74) is 1.37. The van der Waals surface area contributed by atoms with Gasteiger partial charge in [0.2, 0.25) is 0 Å². The van der Waals surface area contributed by atoms with Crippen LogP contribution >= 0.6 is 0 Å². The zero-order chi connectivity index (χ0) is 13.7. The molecule has 5 unspecified atom stereocenters. The van der Waals surface area contributed by atoms with Crippen molar-refractivity contribution in [3.05, 3.63) is 0 Å². The molecule has 0 amide bonds. The molecule has 0 heterocycles. The molecular weight excluding hydrogens is 228 g/mol. The maximum atomic E-state index is 2.63. The first-order chi connectivity index (χ1) is 8.97. The second-order valence-electron chi connectivity index (χ2n) is 8.81. The maximum absolute atomic E-state index is 2.63. The van der Waals surface area contributed by atoms with Gasteiger partial charge in [0.05, 0.1) is 0 Å². The predicted molar refractivity (Wildman–Crippen MR) is 83.1 cm³/mol. The molecule has 0 aliphatic heterocycles. The van der Waals surface area contributed by atoms with Crippen molar-refractivity contribution >= 4 is 0 Å². The molecule has 5 atom stereocenters. The Kier molecular flexibility index (Phi) is 3.51. The molecule has 0 heteroatoms. The highest BCUT2D eigenvalue weighted by atomic mass is 14.6. The quantitative estimate of drug-likeness (QED) is 0.539. The van der Waals surface area contributed by atoms with Crippen LogP contribution in [0, 0.1) is 34.5 Å². The molecule has 3 fully saturated rings. The summed E-state index contributed by atoms with van der Waals surface area (Å²) in [4.78, 5) is 0. The van der Waals surface area contributed by atoms with Gasteiger partial charge >= 0.3 is 0 Å². The molecule has 110 valence electrons. The van der Waals surface area contributed by atoms with Crippen LogP contribution in [0.25, 0.3) is 0 Å². The molecule has 0 N–H and O–H groups in total. The zero-order valence-corrected chi connectivity index (χ0v) is 13.7. The summed E-state index contributed by atoms with van der Waals surface area (Å²) < 4.78 is 0. The molecule has 0 spiro atoms. The lowest BCUT2D eigenvalue weighted by Crippen LogP contribution is -2.45. The Bertz CT molecular complexity index is 325. The summed E-state index contributed by atoms with van der Waals surface area (Å²) in [6.45, 7) is 10.4. The van der Waals surface area contributed by atoms with Gasteiger partial charge in [-0.3, -0.25) is 0 Å². The zero-order valence-electron chi connectivity index (χ0n) is 13.7. The summed E-state index contributed by atoms with van der Waals surface area (Å²) in [7, 11) is 0. The molecule has 3 saturated carbocycles. The molecule has 3 aliphatic rings. The Morgan fingerprint density at radius 3 is 2.11 bits per heavy atom. The first kappa shape index (κ1) is 14.0. The minimum atomic E-state index is 0.681. The minimum Gasteiger partial charge on any atom is -0.0620 e. The number of hydrogen-bond donors (Lipinski definition) is 0. The van der Waals surface area contributed by atoms with Crippen molar-refractivity contribution in [2.75, 3.05) is 0 Å². The molecular formula is C19H34. The van der Waals surface area contributed by atoms with E-state index in [2.05, 4.69) is 27.7 Å². The first-order valence-corrected chi connectivity index (χ1v) is 8.97. The van der Waals surface area contributed by atoms with E-state index in [1.54, 1.807) is 0 Å². The van der Waals surface area contributed by atoms with E-state index < -0.39 is 0 Å². The molecule has 0 aromatic carbocycles. The van der Waals surface area contributed by atoms with E-state index in [0.717, 1.165) is 23.7 Å². The van der Waals surface area contributed by atoms with Gasteiger partial charge in [0.1, 0.15) is 0 Å². The van der Waals surface area contributed by atoms with Crippen LogP contribution in [0.1, 0.15) is 85.5 Å². The van der Waals surface area contributed by atoms with Crippen molar-refractivity contribution in [2.24, 2.45) is 34.5 Å². The van der Waals surface area contributed by atoms with E-state index in [-0.39, 0.29) is 0 Å². The van der Waals surface area contributed by atoms with Crippen molar-refractivity contribution in [1.29, 1.82) is 0 Å². The van der Waals surface area contributed by atoms with Crippen LogP contribution in [0.4, 0.5) is 0 Å². The van der Waals surface area contributed by atoms with E-state index in [4.69, 9.17) is 0 Å². The van der Waals surface area contributed by atoms with Gasteiger partial charge in [0.25, 0.3) is 0 Å². The van der Waals surface area contributed by atoms with Gasteiger partial charge in [-0.2, -0.15) is 0 Å². The largest absolute Gasteiger partial charge is 0.0620 e. The Morgan fingerprint density at radius 2 is 1.42 bits per heavy atom. The third-order valence-electron chi connectivity index (χ3n) is 8.04. The second-order valence-corrected chi connectivity index (χ2v) is 8.81. The van der Waals surface area contributed by atoms with Gasteiger partial charge in [0, 0.05) is 0 Å². The van der Waals surface area contributed by atoms with E-state index >= 15 is 0 Å². The lowest BCUT2D eigenvalue weighted by molar-refractivity contribution is -0.0419. The molecule has 0 aromatic rings. The average Bonchev–Trinajstić information content (AvgIpc) is 2.68. The minimum absolute atomic E-state index is 0.681. The van der Waals surface area contributed by atoms with Crippen LogP contribution in [-0.2, 0) is 0 Å².